The summed E-state index contributed by atoms with van der Waals surface area (Å²) in [5.41, 5.74) is 0.721. The van der Waals surface area contributed by atoms with Crippen LogP contribution in [0.5, 0.6) is 11.5 Å². The molecule has 3 rings (SSSR count). The van der Waals surface area contributed by atoms with Crippen molar-refractivity contribution in [3.63, 3.8) is 0 Å². The molecule has 0 fully saturated rings. The van der Waals surface area contributed by atoms with Crippen molar-refractivity contribution < 1.29 is 23.6 Å². The zero-order valence-corrected chi connectivity index (χ0v) is 16.6. The molecule has 3 aromatic rings. The molecular formula is C22H17N3O6. The van der Waals surface area contributed by atoms with E-state index < -0.39 is 10.8 Å². The maximum absolute atomic E-state index is 12.4. The lowest BCUT2D eigenvalue weighted by Gasteiger charge is -2.06. The molecule has 156 valence electrons. The van der Waals surface area contributed by atoms with Crippen LogP contribution in [-0.4, -0.2) is 25.1 Å². The standard InChI is InChI=1S/C22H17N3O6/c1-29-17-6-3-15(4-7-17)24-22(26)14(13-23)11-18-8-10-20(31-18)19-9-5-16(25(27)28)12-21(19)30-2/h3-12H,1-2H3,(H,24,26). The van der Waals surface area contributed by atoms with Gasteiger partial charge >= 0.3 is 0 Å². The van der Waals surface area contributed by atoms with Crippen LogP contribution in [0.4, 0.5) is 11.4 Å². The maximum Gasteiger partial charge on any atom is 0.273 e. The number of nitro benzene ring substituents is 1. The first-order valence-corrected chi connectivity index (χ1v) is 8.95. The molecular weight excluding hydrogens is 402 g/mol. The second-order valence-corrected chi connectivity index (χ2v) is 6.20. The lowest BCUT2D eigenvalue weighted by atomic mass is 10.1. The minimum Gasteiger partial charge on any atom is -0.497 e. The van der Waals surface area contributed by atoms with E-state index in [0.29, 0.717) is 22.8 Å². The summed E-state index contributed by atoms with van der Waals surface area (Å²) in [6, 6.07) is 15.8. The highest BCUT2D eigenvalue weighted by Gasteiger charge is 2.16. The number of ether oxygens (including phenoxy) is 2. The van der Waals surface area contributed by atoms with Crippen LogP contribution < -0.4 is 14.8 Å². The molecule has 1 N–H and O–H groups in total. The molecule has 0 bridgehead atoms. The van der Waals surface area contributed by atoms with Gasteiger partial charge in [-0.3, -0.25) is 14.9 Å². The molecule has 0 atom stereocenters. The number of rotatable bonds is 7. The Bertz CT molecular complexity index is 1190. The van der Waals surface area contributed by atoms with E-state index in [0.717, 1.165) is 0 Å². The predicted octanol–water partition coefficient (Wildman–Crippen LogP) is 4.42. The van der Waals surface area contributed by atoms with Gasteiger partial charge in [-0.2, -0.15) is 5.26 Å². The van der Waals surface area contributed by atoms with Gasteiger partial charge in [-0.25, -0.2) is 0 Å². The van der Waals surface area contributed by atoms with Gasteiger partial charge in [0.25, 0.3) is 11.6 Å². The summed E-state index contributed by atoms with van der Waals surface area (Å²) in [4.78, 5) is 22.8. The highest BCUT2D eigenvalue weighted by Crippen LogP contribution is 2.34. The van der Waals surface area contributed by atoms with E-state index in [-0.39, 0.29) is 22.8 Å². The van der Waals surface area contributed by atoms with Crippen molar-refractivity contribution in [3.8, 4) is 28.9 Å². The number of hydrogen-bond acceptors (Lipinski definition) is 7. The van der Waals surface area contributed by atoms with Crippen LogP contribution in [0.3, 0.4) is 0 Å². The molecule has 0 saturated carbocycles. The van der Waals surface area contributed by atoms with E-state index in [2.05, 4.69) is 5.32 Å². The van der Waals surface area contributed by atoms with Gasteiger partial charge in [-0.15, -0.1) is 0 Å². The number of carbonyl (C=O) groups is 1. The summed E-state index contributed by atoms with van der Waals surface area (Å²) in [5.74, 6) is 0.928. The Morgan fingerprint density at radius 1 is 1.13 bits per heavy atom. The Morgan fingerprint density at radius 3 is 2.48 bits per heavy atom. The smallest absolute Gasteiger partial charge is 0.273 e. The van der Waals surface area contributed by atoms with Gasteiger partial charge in [-0.1, -0.05) is 0 Å². The summed E-state index contributed by atoms with van der Waals surface area (Å²) in [5, 5.41) is 23.0. The lowest BCUT2D eigenvalue weighted by Crippen LogP contribution is -2.13. The Balaban J connectivity index is 1.82. The van der Waals surface area contributed by atoms with Gasteiger partial charge in [0.1, 0.15) is 34.7 Å². The van der Waals surface area contributed by atoms with Crippen molar-refractivity contribution in [2.24, 2.45) is 0 Å². The highest BCUT2D eigenvalue weighted by atomic mass is 16.6. The largest absolute Gasteiger partial charge is 0.497 e. The van der Waals surface area contributed by atoms with Gasteiger partial charge in [-0.05, 0) is 42.5 Å². The number of hydrogen-bond donors (Lipinski definition) is 1. The van der Waals surface area contributed by atoms with Crippen molar-refractivity contribution in [2.75, 3.05) is 19.5 Å². The van der Waals surface area contributed by atoms with E-state index in [1.54, 1.807) is 36.4 Å². The number of nitriles is 1. The number of methoxy groups -OCH3 is 2. The fourth-order valence-corrected chi connectivity index (χ4v) is 2.74. The lowest BCUT2D eigenvalue weighted by molar-refractivity contribution is -0.384. The average molecular weight is 419 g/mol. The zero-order chi connectivity index (χ0) is 22.4. The first-order chi connectivity index (χ1) is 14.9. The van der Waals surface area contributed by atoms with Crippen LogP contribution in [0.1, 0.15) is 5.76 Å². The number of nitrogens with zero attached hydrogens (tertiary/aromatic N) is 2. The number of anilines is 1. The molecule has 2 aromatic carbocycles. The number of non-ortho nitro benzene ring substituents is 1. The molecule has 0 radical (unpaired) electrons. The van der Waals surface area contributed by atoms with Gasteiger partial charge in [0, 0.05) is 17.8 Å². The molecule has 0 saturated heterocycles. The van der Waals surface area contributed by atoms with Crippen LogP contribution in [0, 0.1) is 21.4 Å². The summed E-state index contributed by atoms with van der Waals surface area (Å²) in [7, 11) is 2.93. The van der Waals surface area contributed by atoms with Crippen LogP contribution >= 0.6 is 0 Å². The highest BCUT2D eigenvalue weighted by molar-refractivity contribution is 6.09. The van der Waals surface area contributed by atoms with Crippen LogP contribution in [0.25, 0.3) is 17.4 Å². The van der Waals surface area contributed by atoms with Crippen molar-refractivity contribution in [1.82, 2.24) is 0 Å². The number of nitrogens with one attached hydrogen (secondary N) is 1. The SMILES string of the molecule is COc1ccc(NC(=O)C(C#N)=Cc2ccc(-c3ccc([N+](=O)[O-])cc3OC)o2)cc1. The topological polar surface area (TPSA) is 128 Å². The summed E-state index contributed by atoms with van der Waals surface area (Å²) >= 11 is 0. The fraction of sp³-hybridized carbons (Fsp3) is 0.0909. The van der Waals surface area contributed by atoms with E-state index in [4.69, 9.17) is 13.9 Å². The quantitative estimate of drug-likeness (QED) is 0.260. The minimum absolute atomic E-state index is 0.116. The van der Waals surface area contributed by atoms with Gasteiger partial charge < -0.3 is 19.2 Å². The Hall–Kier alpha value is -4.58. The Morgan fingerprint density at radius 2 is 1.87 bits per heavy atom. The molecule has 0 unspecified atom stereocenters. The average Bonchev–Trinajstić information content (AvgIpc) is 3.25. The molecule has 0 aliphatic rings. The number of nitro groups is 1. The van der Waals surface area contributed by atoms with Crippen molar-refractivity contribution in [3.05, 3.63) is 76.0 Å². The first kappa shape index (κ1) is 21.1. The predicted molar refractivity (Wildman–Crippen MR) is 113 cm³/mol. The van der Waals surface area contributed by atoms with Gasteiger partial charge in [0.15, 0.2) is 0 Å². The number of furan rings is 1. The van der Waals surface area contributed by atoms with E-state index in [9.17, 15) is 20.2 Å². The maximum atomic E-state index is 12.4. The monoisotopic (exact) mass is 419 g/mol. The molecule has 1 heterocycles. The molecule has 0 aliphatic heterocycles. The zero-order valence-electron chi connectivity index (χ0n) is 16.6. The van der Waals surface area contributed by atoms with Gasteiger partial charge in [0.05, 0.1) is 30.8 Å². The summed E-state index contributed by atoms with van der Waals surface area (Å²) in [6.45, 7) is 0. The van der Waals surface area contributed by atoms with E-state index in [1.807, 2.05) is 6.07 Å². The summed E-state index contributed by atoms with van der Waals surface area (Å²) < 4.78 is 16.0. The van der Waals surface area contributed by atoms with Crippen LogP contribution in [0.2, 0.25) is 0 Å². The van der Waals surface area contributed by atoms with Crippen LogP contribution in [0.15, 0.2) is 64.6 Å². The second-order valence-electron chi connectivity index (χ2n) is 6.20. The van der Waals surface area contributed by atoms with Crippen LogP contribution in [-0.2, 0) is 4.79 Å². The molecule has 9 heteroatoms. The van der Waals surface area contributed by atoms with Crippen molar-refractivity contribution in [2.45, 2.75) is 0 Å². The third-order valence-corrected chi connectivity index (χ3v) is 4.29. The van der Waals surface area contributed by atoms with E-state index in [1.165, 1.54) is 38.5 Å². The van der Waals surface area contributed by atoms with Crippen molar-refractivity contribution >= 4 is 23.4 Å². The molecule has 0 spiro atoms. The second kappa shape index (κ2) is 9.28. The number of amides is 1. The summed E-state index contributed by atoms with van der Waals surface area (Å²) in [6.07, 6.45) is 1.31. The Kier molecular flexibility index (Phi) is 6.33. The van der Waals surface area contributed by atoms with Gasteiger partial charge in [0.2, 0.25) is 0 Å². The molecule has 1 aromatic heterocycles. The van der Waals surface area contributed by atoms with Crippen molar-refractivity contribution in [1.29, 1.82) is 5.26 Å². The molecule has 31 heavy (non-hydrogen) atoms. The number of benzene rings is 2. The van der Waals surface area contributed by atoms with E-state index >= 15 is 0 Å². The first-order valence-electron chi connectivity index (χ1n) is 8.95. The third-order valence-electron chi connectivity index (χ3n) is 4.29. The fourth-order valence-electron chi connectivity index (χ4n) is 2.74. The minimum atomic E-state index is -0.599. The third kappa shape index (κ3) is 4.89. The number of carbonyl (C=O) groups excluding carboxylic acids is 1. The molecule has 1 amide bonds. The molecule has 9 nitrogen and oxygen atoms in total. The normalized spacial score (nSPS) is 10.8. The molecule has 0 aliphatic carbocycles. The Labute approximate surface area is 177 Å².